The Labute approximate surface area is 106 Å². The second-order valence-corrected chi connectivity index (χ2v) is 2.45. The summed E-state index contributed by atoms with van der Waals surface area (Å²) in [6.07, 6.45) is 1.73. The molecule has 0 fully saturated rings. The Kier molecular flexibility index (Phi) is 10.6. The fraction of sp³-hybridized carbons (Fsp3) is 0.556. The molecule has 0 unspecified atom stereocenters. The molecule has 0 N–H and O–H groups in total. The van der Waals surface area contributed by atoms with E-state index in [1.807, 2.05) is 6.92 Å². The molecule has 0 saturated carbocycles. The fourth-order valence-corrected chi connectivity index (χ4v) is 0.726. The van der Waals surface area contributed by atoms with Crippen LogP contribution in [-0.2, 0) is 14.3 Å². The fourth-order valence-electron chi connectivity index (χ4n) is 0.726. The maximum atomic E-state index is 10.9. The van der Waals surface area contributed by atoms with E-state index in [9.17, 15) is 14.7 Å². The first-order valence-electron chi connectivity index (χ1n) is 4.20. The number of carbonyl (C=O) groups is 2. The summed E-state index contributed by atoms with van der Waals surface area (Å²) in [6, 6.07) is 0. The molecular formula is C9H13NaO4. The molecule has 0 atom stereocenters. The van der Waals surface area contributed by atoms with E-state index in [-0.39, 0.29) is 48.4 Å². The van der Waals surface area contributed by atoms with Gasteiger partial charge in [-0.2, -0.15) is 0 Å². The van der Waals surface area contributed by atoms with Gasteiger partial charge in [0.2, 0.25) is 0 Å². The van der Waals surface area contributed by atoms with Gasteiger partial charge in [-0.1, -0.05) is 6.92 Å². The van der Waals surface area contributed by atoms with Crippen molar-refractivity contribution in [3.05, 3.63) is 11.8 Å². The van der Waals surface area contributed by atoms with Crippen molar-refractivity contribution in [2.45, 2.75) is 26.7 Å². The van der Waals surface area contributed by atoms with Gasteiger partial charge in [0.05, 0.1) is 6.61 Å². The number of allylic oxidation sites excluding steroid dienone is 1. The van der Waals surface area contributed by atoms with E-state index in [2.05, 4.69) is 4.74 Å². The van der Waals surface area contributed by atoms with E-state index in [4.69, 9.17) is 0 Å². The van der Waals surface area contributed by atoms with Crippen molar-refractivity contribution >= 4 is 11.8 Å². The minimum atomic E-state index is -0.966. The van der Waals surface area contributed by atoms with Crippen LogP contribution in [-0.4, -0.2) is 18.4 Å². The molecule has 0 aromatic rings. The molecule has 0 spiro atoms. The van der Waals surface area contributed by atoms with Crippen LogP contribution < -0.4 is 34.7 Å². The minimum Gasteiger partial charge on any atom is -0.868 e. The normalized spacial score (nSPS) is 10.3. The summed E-state index contributed by atoms with van der Waals surface area (Å²) in [5.74, 6) is -2.17. The second-order valence-electron chi connectivity index (χ2n) is 2.45. The van der Waals surface area contributed by atoms with Crippen molar-refractivity contribution in [3.8, 4) is 0 Å². The van der Waals surface area contributed by atoms with Gasteiger partial charge in [-0.3, -0.25) is 4.79 Å². The summed E-state index contributed by atoms with van der Waals surface area (Å²) in [6.45, 7) is 3.56. The molecule has 0 bridgehead atoms. The molecule has 0 aliphatic heterocycles. The molecule has 0 aromatic carbocycles. The van der Waals surface area contributed by atoms with Gasteiger partial charge >= 0.3 is 35.5 Å². The van der Waals surface area contributed by atoms with Crippen LogP contribution in [0.25, 0.3) is 0 Å². The Morgan fingerprint density at radius 1 is 1.36 bits per heavy atom. The third-order valence-electron chi connectivity index (χ3n) is 1.27. The standard InChI is InChI=1S/C9H14O4.Na/c1-3-5-7(10)6-8(11)9(12)13-4-2;/h6,11H,3-5H2,1-2H3;/q;+1/p-1/b8-6-;. The van der Waals surface area contributed by atoms with Gasteiger partial charge < -0.3 is 9.84 Å². The van der Waals surface area contributed by atoms with E-state index in [1.54, 1.807) is 6.92 Å². The zero-order valence-corrected chi connectivity index (χ0v) is 10.8. The molecule has 0 aliphatic carbocycles. The number of ketones is 1. The third kappa shape index (κ3) is 7.12. The van der Waals surface area contributed by atoms with Crippen molar-refractivity contribution in [2.75, 3.05) is 6.61 Å². The molecule has 0 aromatic heterocycles. The summed E-state index contributed by atoms with van der Waals surface area (Å²) >= 11 is 0. The Morgan fingerprint density at radius 2 is 1.93 bits per heavy atom. The van der Waals surface area contributed by atoms with Crippen molar-refractivity contribution in [1.29, 1.82) is 0 Å². The molecule has 0 aliphatic rings. The maximum Gasteiger partial charge on any atom is 1.00 e. The average molecular weight is 208 g/mol. The summed E-state index contributed by atoms with van der Waals surface area (Å²) in [4.78, 5) is 21.6. The Balaban J connectivity index is 0. The van der Waals surface area contributed by atoms with Gasteiger partial charge in [0, 0.05) is 6.42 Å². The van der Waals surface area contributed by atoms with Gasteiger partial charge in [0.15, 0.2) is 5.78 Å². The Bertz CT molecular complexity index is 223. The molecule has 14 heavy (non-hydrogen) atoms. The Morgan fingerprint density at radius 3 is 2.36 bits per heavy atom. The maximum absolute atomic E-state index is 10.9. The number of ether oxygens (including phenoxy) is 1. The van der Waals surface area contributed by atoms with Gasteiger partial charge in [-0.25, -0.2) is 4.79 Å². The van der Waals surface area contributed by atoms with Crippen molar-refractivity contribution < 1.29 is 49.0 Å². The van der Waals surface area contributed by atoms with Crippen LogP contribution in [0.1, 0.15) is 26.7 Å². The smallest absolute Gasteiger partial charge is 0.868 e. The molecule has 0 rings (SSSR count). The van der Waals surface area contributed by atoms with Crippen LogP contribution in [0.15, 0.2) is 11.8 Å². The first kappa shape index (κ1) is 16.1. The van der Waals surface area contributed by atoms with Gasteiger partial charge in [-0.05, 0) is 25.2 Å². The zero-order chi connectivity index (χ0) is 10.3. The summed E-state index contributed by atoms with van der Waals surface area (Å²) in [7, 11) is 0. The first-order chi connectivity index (χ1) is 6.11. The van der Waals surface area contributed by atoms with Crippen LogP contribution in [0.2, 0.25) is 0 Å². The van der Waals surface area contributed by atoms with E-state index in [1.165, 1.54) is 0 Å². The largest absolute Gasteiger partial charge is 1.00 e. The summed E-state index contributed by atoms with van der Waals surface area (Å²) < 4.78 is 4.41. The number of esters is 1. The zero-order valence-electron chi connectivity index (χ0n) is 8.83. The van der Waals surface area contributed by atoms with Crippen molar-refractivity contribution in [2.24, 2.45) is 0 Å². The number of carbonyl (C=O) groups excluding carboxylic acids is 2. The van der Waals surface area contributed by atoms with Gasteiger partial charge in [-0.15, -0.1) is 0 Å². The molecule has 5 heteroatoms. The quantitative estimate of drug-likeness (QED) is 0.211. The average Bonchev–Trinajstić information content (AvgIpc) is 2.05. The molecule has 4 nitrogen and oxygen atoms in total. The third-order valence-corrected chi connectivity index (χ3v) is 1.27. The second kappa shape index (κ2) is 9.24. The van der Waals surface area contributed by atoms with Crippen LogP contribution in [0.5, 0.6) is 0 Å². The van der Waals surface area contributed by atoms with Crippen LogP contribution in [0.3, 0.4) is 0 Å². The molecule has 0 radical (unpaired) electrons. The van der Waals surface area contributed by atoms with E-state index in [0.717, 1.165) is 6.08 Å². The van der Waals surface area contributed by atoms with E-state index in [0.29, 0.717) is 6.42 Å². The van der Waals surface area contributed by atoms with Gasteiger partial charge in [0.1, 0.15) is 0 Å². The molecule has 0 saturated heterocycles. The summed E-state index contributed by atoms with van der Waals surface area (Å²) in [5, 5.41) is 10.9. The molecule has 0 amide bonds. The predicted molar refractivity (Wildman–Crippen MR) is 44.6 cm³/mol. The number of hydrogen-bond donors (Lipinski definition) is 0. The number of hydrogen-bond acceptors (Lipinski definition) is 4. The van der Waals surface area contributed by atoms with Crippen LogP contribution >= 0.6 is 0 Å². The van der Waals surface area contributed by atoms with E-state index < -0.39 is 11.7 Å². The molecule has 0 heterocycles. The Hall–Kier alpha value is -0.320. The topological polar surface area (TPSA) is 66.4 Å². The minimum absolute atomic E-state index is 0. The monoisotopic (exact) mass is 208 g/mol. The van der Waals surface area contributed by atoms with Gasteiger partial charge in [0.25, 0.3) is 0 Å². The first-order valence-corrected chi connectivity index (χ1v) is 4.20. The number of rotatable bonds is 5. The predicted octanol–water partition coefficient (Wildman–Crippen LogP) is -2.83. The van der Waals surface area contributed by atoms with Crippen LogP contribution in [0, 0.1) is 0 Å². The van der Waals surface area contributed by atoms with Crippen molar-refractivity contribution in [1.82, 2.24) is 0 Å². The van der Waals surface area contributed by atoms with E-state index >= 15 is 0 Å². The van der Waals surface area contributed by atoms with Crippen molar-refractivity contribution in [3.63, 3.8) is 0 Å². The SMILES string of the molecule is CCCC(=O)/C=C(\[O-])C(=O)OCC.[Na+]. The van der Waals surface area contributed by atoms with Crippen LogP contribution in [0.4, 0.5) is 0 Å². The molecular weight excluding hydrogens is 195 g/mol. The molecule has 74 valence electrons. The summed E-state index contributed by atoms with van der Waals surface area (Å²) in [5.41, 5.74) is 0.